The monoisotopic (exact) mass is 290 g/mol. The highest BCUT2D eigenvalue weighted by molar-refractivity contribution is 7.09. The van der Waals surface area contributed by atoms with E-state index in [2.05, 4.69) is 48.4 Å². The molecule has 3 nitrogen and oxygen atoms in total. The summed E-state index contributed by atoms with van der Waals surface area (Å²) in [6.07, 6.45) is 0.950. The summed E-state index contributed by atoms with van der Waals surface area (Å²) < 4.78 is 5.82. The lowest BCUT2D eigenvalue weighted by Crippen LogP contribution is -2.13. The molecule has 0 fully saturated rings. The Labute approximate surface area is 125 Å². The molecule has 0 amide bonds. The van der Waals surface area contributed by atoms with Crippen molar-refractivity contribution in [2.45, 2.75) is 33.4 Å². The minimum atomic E-state index is 0.680. The lowest BCUT2D eigenvalue weighted by atomic mass is 10.1. The van der Waals surface area contributed by atoms with Crippen LogP contribution < -0.4 is 5.32 Å². The molecular weight excluding hydrogens is 268 g/mol. The molecule has 0 aliphatic rings. The van der Waals surface area contributed by atoms with E-state index in [9.17, 15) is 0 Å². The molecule has 0 saturated carbocycles. The van der Waals surface area contributed by atoms with Gasteiger partial charge in [-0.1, -0.05) is 31.2 Å². The Hall–Kier alpha value is -1.23. The average Bonchev–Trinajstić information content (AvgIpc) is 2.88. The first-order valence-corrected chi connectivity index (χ1v) is 7.93. The number of nitrogens with zero attached hydrogens (tertiary/aromatic N) is 1. The number of rotatable bonds is 8. The first-order valence-electron chi connectivity index (χ1n) is 7.05. The fourth-order valence-electron chi connectivity index (χ4n) is 2.04. The summed E-state index contributed by atoms with van der Waals surface area (Å²) in [6, 6.07) is 8.46. The second kappa shape index (κ2) is 8.15. The molecule has 2 rings (SSSR count). The van der Waals surface area contributed by atoms with Crippen LogP contribution in [0.4, 0.5) is 0 Å². The maximum Gasteiger partial charge on any atom is 0.0797 e. The fourth-order valence-corrected chi connectivity index (χ4v) is 2.81. The summed E-state index contributed by atoms with van der Waals surface area (Å²) >= 11 is 1.71. The van der Waals surface area contributed by atoms with Gasteiger partial charge in [-0.05, 0) is 24.6 Å². The number of aromatic nitrogens is 1. The lowest BCUT2D eigenvalue weighted by Gasteiger charge is -2.10. The zero-order valence-corrected chi connectivity index (χ0v) is 13.0. The third-order valence-corrected chi connectivity index (χ3v) is 4.25. The number of thiazole rings is 1. The van der Waals surface area contributed by atoms with Crippen molar-refractivity contribution in [2.24, 2.45) is 0 Å². The van der Waals surface area contributed by atoms with Gasteiger partial charge in [0, 0.05) is 17.8 Å². The molecule has 1 heterocycles. The molecular formula is C16H22N2OS. The van der Waals surface area contributed by atoms with E-state index < -0.39 is 0 Å². The molecule has 108 valence electrons. The smallest absolute Gasteiger partial charge is 0.0797 e. The third-order valence-electron chi connectivity index (χ3n) is 3.26. The van der Waals surface area contributed by atoms with E-state index in [0.717, 1.165) is 31.8 Å². The molecule has 2 aromatic rings. The zero-order chi connectivity index (χ0) is 14.2. The van der Waals surface area contributed by atoms with Crippen LogP contribution in [-0.2, 0) is 24.3 Å². The summed E-state index contributed by atoms with van der Waals surface area (Å²) in [4.78, 5) is 5.58. The van der Waals surface area contributed by atoms with Crippen molar-refractivity contribution in [1.29, 1.82) is 0 Å². The average molecular weight is 290 g/mol. The van der Waals surface area contributed by atoms with Gasteiger partial charge in [0.15, 0.2) is 0 Å². The SMILES string of the molecule is CCNCc1ccccc1COCCc1scnc1C. The van der Waals surface area contributed by atoms with Crippen molar-refractivity contribution in [1.82, 2.24) is 10.3 Å². The van der Waals surface area contributed by atoms with Crippen LogP contribution in [0.25, 0.3) is 0 Å². The van der Waals surface area contributed by atoms with E-state index in [0.29, 0.717) is 6.61 Å². The Kier molecular flexibility index (Phi) is 6.18. The van der Waals surface area contributed by atoms with Gasteiger partial charge in [-0.2, -0.15) is 0 Å². The van der Waals surface area contributed by atoms with Crippen LogP contribution in [0.5, 0.6) is 0 Å². The summed E-state index contributed by atoms with van der Waals surface area (Å²) in [5, 5.41) is 3.36. The van der Waals surface area contributed by atoms with E-state index in [1.807, 2.05) is 5.51 Å². The lowest BCUT2D eigenvalue weighted by molar-refractivity contribution is 0.123. The van der Waals surface area contributed by atoms with Crippen LogP contribution in [0.2, 0.25) is 0 Å². The quantitative estimate of drug-likeness (QED) is 0.757. The van der Waals surface area contributed by atoms with Crippen LogP contribution >= 0.6 is 11.3 Å². The first kappa shape index (κ1) is 15.2. The minimum Gasteiger partial charge on any atom is -0.376 e. The minimum absolute atomic E-state index is 0.680. The maximum absolute atomic E-state index is 5.82. The van der Waals surface area contributed by atoms with Crippen LogP contribution in [0, 0.1) is 6.92 Å². The number of nitrogens with one attached hydrogen (secondary N) is 1. The number of benzene rings is 1. The van der Waals surface area contributed by atoms with Crippen LogP contribution in [0.15, 0.2) is 29.8 Å². The van der Waals surface area contributed by atoms with Crippen molar-refractivity contribution in [3.63, 3.8) is 0 Å². The summed E-state index contributed by atoms with van der Waals surface area (Å²) in [6.45, 7) is 7.50. The molecule has 0 saturated heterocycles. The van der Waals surface area contributed by atoms with E-state index >= 15 is 0 Å². The molecule has 1 aromatic heterocycles. The molecule has 0 aliphatic heterocycles. The predicted octanol–water partition coefficient (Wildman–Crippen LogP) is 3.32. The normalized spacial score (nSPS) is 10.9. The van der Waals surface area contributed by atoms with Crippen LogP contribution in [0.1, 0.15) is 28.6 Å². The van der Waals surface area contributed by atoms with Crippen molar-refractivity contribution in [2.75, 3.05) is 13.2 Å². The van der Waals surface area contributed by atoms with E-state index in [4.69, 9.17) is 4.74 Å². The highest BCUT2D eigenvalue weighted by atomic mass is 32.1. The van der Waals surface area contributed by atoms with Crippen LogP contribution in [0.3, 0.4) is 0 Å². The fraction of sp³-hybridized carbons (Fsp3) is 0.438. The second-order valence-electron chi connectivity index (χ2n) is 4.71. The number of hydrogen-bond acceptors (Lipinski definition) is 4. The van der Waals surface area contributed by atoms with Crippen LogP contribution in [-0.4, -0.2) is 18.1 Å². The van der Waals surface area contributed by atoms with Crippen molar-refractivity contribution in [3.05, 3.63) is 51.5 Å². The van der Waals surface area contributed by atoms with Gasteiger partial charge in [-0.3, -0.25) is 0 Å². The standard InChI is InChI=1S/C16H22N2OS/c1-3-17-10-14-6-4-5-7-15(14)11-19-9-8-16-13(2)18-12-20-16/h4-7,12,17H,3,8-11H2,1-2H3. The summed E-state index contributed by atoms with van der Waals surface area (Å²) in [5.41, 5.74) is 5.63. The maximum atomic E-state index is 5.82. The van der Waals surface area contributed by atoms with Gasteiger partial charge in [0.2, 0.25) is 0 Å². The van der Waals surface area contributed by atoms with Crippen molar-refractivity contribution in [3.8, 4) is 0 Å². The highest BCUT2D eigenvalue weighted by Crippen LogP contribution is 2.14. The Morgan fingerprint density at radius 1 is 1.25 bits per heavy atom. The molecule has 0 spiro atoms. The Balaban J connectivity index is 1.80. The van der Waals surface area contributed by atoms with Gasteiger partial charge in [-0.15, -0.1) is 11.3 Å². The van der Waals surface area contributed by atoms with Gasteiger partial charge < -0.3 is 10.1 Å². The number of hydrogen-bond donors (Lipinski definition) is 1. The van der Waals surface area contributed by atoms with E-state index in [1.54, 1.807) is 11.3 Å². The van der Waals surface area contributed by atoms with E-state index in [1.165, 1.54) is 16.0 Å². The Morgan fingerprint density at radius 3 is 2.75 bits per heavy atom. The molecule has 20 heavy (non-hydrogen) atoms. The third kappa shape index (κ3) is 4.40. The molecule has 0 unspecified atom stereocenters. The number of ether oxygens (including phenoxy) is 1. The predicted molar refractivity (Wildman–Crippen MR) is 84.0 cm³/mol. The molecule has 1 N–H and O–H groups in total. The first-order chi connectivity index (χ1) is 9.81. The topological polar surface area (TPSA) is 34.1 Å². The van der Waals surface area contributed by atoms with Gasteiger partial charge in [-0.25, -0.2) is 4.98 Å². The highest BCUT2D eigenvalue weighted by Gasteiger charge is 2.03. The number of aryl methyl sites for hydroxylation is 1. The van der Waals surface area contributed by atoms with Crippen molar-refractivity contribution < 1.29 is 4.74 Å². The summed E-state index contributed by atoms with van der Waals surface area (Å²) in [7, 11) is 0. The zero-order valence-electron chi connectivity index (χ0n) is 12.2. The molecule has 0 radical (unpaired) electrons. The summed E-state index contributed by atoms with van der Waals surface area (Å²) in [5.74, 6) is 0. The van der Waals surface area contributed by atoms with Gasteiger partial charge >= 0.3 is 0 Å². The molecule has 1 aromatic carbocycles. The molecule has 0 aliphatic carbocycles. The Morgan fingerprint density at radius 2 is 2.05 bits per heavy atom. The second-order valence-corrected chi connectivity index (χ2v) is 5.65. The van der Waals surface area contributed by atoms with Gasteiger partial charge in [0.25, 0.3) is 0 Å². The van der Waals surface area contributed by atoms with Gasteiger partial charge in [0.1, 0.15) is 0 Å². The van der Waals surface area contributed by atoms with Gasteiger partial charge in [0.05, 0.1) is 24.4 Å². The molecule has 0 atom stereocenters. The Bertz CT molecular complexity index is 525. The van der Waals surface area contributed by atoms with E-state index in [-0.39, 0.29) is 0 Å². The largest absolute Gasteiger partial charge is 0.376 e. The molecule has 4 heteroatoms. The van der Waals surface area contributed by atoms with Crippen molar-refractivity contribution >= 4 is 11.3 Å². The molecule has 0 bridgehead atoms.